The van der Waals surface area contributed by atoms with Gasteiger partial charge in [0.15, 0.2) is 0 Å². The third kappa shape index (κ3) is 4.25. The van der Waals surface area contributed by atoms with Gasteiger partial charge in [-0.15, -0.1) is 0 Å². The van der Waals surface area contributed by atoms with E-state index in [1.165, 1.54) is 88.9 Å². The maximum Gasteiger partial charge on any atom is 0.0702 e. The number of rotatable bonds is 4. The number of hydrogen-bond acceptors (Lipinski definition) is 1. The van der Waals surface area contributed by atoms with E-state index in [1.54, 1.807) is 0 Å². The lowest BCUT2D eigenvalue weighted by Crippen LogP contribution is -2.23. The highest BCUT2D eigenvalue weighted by molar-refractivity contribution is 6.09. The maximum atomic E-state index is 2.60. The van der Waals surface area contributed by atoms with Crippen molar-refractivity contribution in [1.82, 2.24) is 4.57 Å². The third-order valence-electron chi connectivity index (χ3n) is 11.4. The molecule has 2 unspecified atom stereocenters. The molecule has 0 N–H and O–H groups in total. The lowest BCUT2D eigenvalue weighted by atomic mass is 9.82. The van der Waals surface area contributed by atoms with E-state index < -0.39 is 0 Å². The second-order valence-corrected chi connectivity index (χ2v) is 14.0. The quantitative estimate of drug-likeness (QED) is 0.182. The van der Waals surface area contributed by atoms with Crippen molar-refractivity contribution in [2.45, 2.75) is 12.0 Å². The molecule has 0 saturated heterocycles. The topological polar surface area (TPSA) is 8.17 Å². The first-order valence-electron chi connectivity index (χ1n) is 18.2. The molecule has 244 valence electrons. The monoisotopic (exact) mass is 662 g/mol. The van der Waals surface area contributed by atoms with E-state index in [9.17, 15) is 0 Å². The molecule has 0 radical (unpaired) electrons. The molecule has 8 aromatic carbocycles. The predicted octanol–water partition coefficient (Wildman–Crippen LogP) is 13.1. The summed E-state index contributed by atoms with van der Waals surface area (Å²) < 4.78 is 2.38. The molecule has 0 saturated carbocycles. The number of hydrogen-bond donors (Lipinski definition) is 0. The van der Waals surface area contributed by atoms with Crippen LogP contribution in [0.2, 0.25) is 0 Å². The first-order chi connectivity index (χ1) is 25.8. The molecule has 52 heavy (non-hydrogen) atoms. The van der Waals surface area contributed by atoms with Crippen molar-refractivity contribution in [3.63, 3.8) is 0 Å². The Balaban J connectivity index is 1.02. The van der Waals surface area contributed by atoms with Crippen LogP contribution in [0.3, 0.4) is 0 Å². The molecule has 1 aliphatic carbocycles. The van der Waals surface area contributed by atoms with E-state index in [0.29, 0.717) is 0 Å². The van der Waals surface area contributed by atoms with Crippen molar-refractivity contribution in [3.8, 4) is 39.1 Å². The minimum absolute atomic E-state index is 0.101. The van der Waals surface area contributed by atoms with Crippen molar-refractivity contribution in [2.75, 3.05) is 4.90 Å². The van der Waals surface area contributed by atoms with Crippen LogP contribution in [-0.4, -0.2) is 4.57 Å². The van der Waals surface area contributed by atoms with E-state index in [2.05, 4.69) is 204 Å². The molecule has 11 rings (SSSR count). The van der Waals surface area contributed by atoms with E-state index in [0.717, 1.165) is 0 Å². The summed E-state index contributed by atoms with van der Waals surface area (Å²) in [5.74, 6) is 0.172. The number of para-hydroxylation sites is 2. The van der Waals surface area contributed by atoms with Crippen molar-refractivity contribution in [3.05, 3.63) is 211 Å². The molecule has 0 spiro atoms. The maximum absolute atomic E-state index is 2.60. The van der Waals surface area contributed by atoms with E-state index in [1.807, 2.05) is 0 Å². The van der Waals surface area contributed by atoms with Gasteiger partial charge in [0.05, 0.1) is 17.1 Å². The predicted molar refractivity (Wildman–Crippen MR) is 217 cm³/mol. The summed E-state index contributed by atoms with van der Waals surface area (Å²) in [6, 6.07) is 71.7. The van der Waals surface area contributed by atoms with Crippen LogP contribution < -0.4 is 4.90 Å². The molecule has 0 bridgehead atoms. The lowest BCUT2D eigenvalue weighted by molar-refractivity contribution is 0.660. The van der Waals surface area contributed by atoms with Gasteiger partial charge >= 0.3 is 0 Å². The molecular weight excluding hydrogens is 629 g/mol. The van der Waals surface area contributed by atoms with Crippen LogP contribution in [-0.2, 0) is 0 Å². The largest absolute Gasteiger partial charge is 0.333 e. The Hall–Kier alpha value is -6.64. The van der Waals surface area contributed by atoms with Gasteiger partial charge in [0.25, 0.3) is 0 Å². The number of fused-ring (bicyclic) bond motifs is 8. The Kier molecular flexibility index (Phi) is 6.41. The summed E-state index contributed by atoms with van der Waals surface area (Å²) in [5, 5.41) is 2.56. The zero-order chi connectivity index (χ0) is 34.2. The van der Waals surface area contributed by atoms with Gasteiger partial charge in [-0.25, -0.2) is 0 Å². The molecule has 9 aromatic rings. The minimum atomic E-state index is 0.101. The lowest BCUT2D eigenvalue weighted by Gasteiger charge is -2.32. The van der Waals surface area contributed by atoms with Crippen LogP contribution in [0, 0.1) is 0 Å². The zero-order valence-corrected chi connectivity index (χ0v) is 28.5. The van der Waals surface area contributed by atoms with Crippen molar-refractivity contribution >= 4 is 33.2 Å². The molecule has 2 atom stereocenters. The van der Waals surface area contributed by atoms with Gasteiger partial charge in [-0.2, -0.15) is 0 Å². The SMILES string of the molecule is c1ccc(C2C3c4ccccc4-c4ccccc4-c4cccc(c43)N2c2ccc(-c3ccc(-n4c5ccccc5c5ccccc54)cc3)cc2)cc1. The first kappa shape index (κ1) is 29.1. The third-order valence-corrected chi connectivity index (χ3v) is 11.4. The van der Waals surface area contributed by atoms with Gasteiger partial charge in [-0.3, -0.25) is 0 Å². The van der Waals surface area contributed by atoms with Gasteiger partial charge in [-0.05, 0) is 92.5 Å². The Morgan fingerprint density at radius 1 is 0.365 bits per heavy atom. The highest BCUT2D eigenvalue weighted by Crippen LogP contribution is 2.61. The number of benzene rings is 8. The Bertz CT molecular complexity index is 2740. The average molecular weight is 663 g/mol. The normalized spacial score (nSPS) is 15.7. The van der Waals surface area contributed by atoms with Crippen molar-refractivity contribution < 1.29 is 0 Å². The van der Waals surface area contributed by atoms with Crippen molar-refractivity contribution in [1.29, 1.82) is 0 Å². The van der Waals surface area contributed by atoms with Crippen LogP contribution in [0.15, 0.2) is 194 Å². The summed E-state index contributed by atoms with van der Waals surface area (Å²) >= 11 is 0. The van der Waals surface area contributed by atoms with Crippen LogP contribution in [0.25, 0.3) is 60.9 Å². The Morgan fingerprint density at radius 3 is 1.56 bits per heavy atom. The van der Waals surface area contributed by atoms with Crippen LogP contribution in [0.4, 0.5) is 11.4 Å². The van der Waals surface area contributed by atoms with Crippen molar-refractivity contribution in [2.24, 2.45) is 0 Å². The first-order valence-corrected chi connectivity index (χ1v) is 18.2. The van der Waals surface area contributed by atoms with Gasteiger partial charge < -0.3 is 9.47 Å². The fraction of sp³-hybridized carbons (Fsp3) is 0.0400. The van der Waals surface area contributed by atoms with Crippen LogP contribution in [0.1, 0.15) is 28.7 Å². The van der Waals surface area contributed by atoms with Crippen LogP contribution in [0.5, 0.6) is 0 Å². The smallest absolute Gasteiger partial charge is 0.0702 e. The van der Waals surface area contributed by atoms with E-state index >= 15 is 0 Å². The number of anilines is 2. The van der Waals surface area contributed by atoms with E-state index in [-0.39, 0.29) is 12.0 Å². The average Bonchev–Trinajstić information content (AvgIpc) is 3.71. The molecule has 2 aliphatic rings. The molecule has 2 nitrogen and oxygen atoms in total. The summed E-state index contributed by atoms with van der Waals surface area (Å²) in [6.07, 6.45) is 0. The molecule has 2 heterocycles. The zero-order valence-electron chi connectivity index (χ0n) is 28.5. The second kappa shape index (κ2) is 11.4. The highest BCUT2D eigenvalue weighted by atomic mass is 15.2. The Morgan fingerprint density at radius 2 is 0.885 bits per heavy atom. The standard InChI is InChI=1S/C50H34N2/c1-2-13-35(14-3-1)50-49-44-20-7-6-17-40(44)38-15-4-5-16-39(38)43-21-12-24-47(48(43)49)52(50)37-31-27-34(28-32-37)33-25-29-36(30-26-33)51-45-22-10-8-18-41(45)42-19-9-11-23-46(42)51/h1-32,49-50H. The summed E-state index contributed by atoms with van der Waals surface area (Å²) in [7, 11) is 0. The van der Waals surface area contributed by atoms with Crippen LogP contribution >= 0.6 is 0 Å². The van der Waals surface area contributed by atoms with Gasteiger partial charge in [0.2, 0.25) is 0 Å². The molecule has 1 aromatic heterocycles. The summed E-state index contributed by atoms with van der Waals surface area (Å²) in [5.41, 5.74) is 17.9. The minimum Gasteiger partial charge on any atom is -0.333 e. The summed E-state index contributed by atoms with van der Waals surface area (Å²) in [6.45, 7) is 0. The number of nitrogens with zero attached hydrogens (tertiary/aromatic N) is 2. The Labute approximate surface area is 303 Å². The molecular formula is C50H34N2. The van der Waals surface area contributed by atoms with E-state index in [4.69, 9.17) is 0 Å². The fourth-order valence-electron chi connectivity index (χ4n) is 9.18. The molecule has 1 aliphatic heterocycles. The fourth-order valence-corrected chi connectivity index (χ4v) is 9.18. The molecule has 0 amide bonds. The van der Waals surface area contributed by atoms with Gasteiger partial charge in [-0.1, -0.05) is 152 Å². The number of aromatic nitrogens is 1. The highest BCUT2D eigenvalue weighted by Gasteiger charge is 2.44. The summed E-state index contributed by atoms with van der Waals surface area (Å²) in [4.78, 5) is 2.60. The molecule has 0 fully saturated rings. The molecule has 2 heteroatoms. The second-order valence-electron chi connectivity index (χ2n) is 14.0. The van der Waals surface area contributed by atoms with Gasteiger partial charge in [0.1, 0.15) is 0 Å². The van der Waals surface area contributed by atoms with Gasteiger partial charge in [0, 0.05) is 33.8 Å².